The van der Waals surface area contributed by atoms with E-state index in [2.05, 4.69) is 0 Å². The van der Waals surface area contributed by atoms with Crippen LogP contribution in [0.5, 0.6) is 11.5 Å². The van der Waals surface area contributed by atoms with E-state index in [1.54, 1.807) is 23.5 Å². The van der Waals surface area contributed by atoms with Crippen molar-refractivity contribution in [2.75, 3.05) is 14.2 Å². The molecule has 0 amide bonds. The molecule has 0 spiro atoms. The lowest BCUT2D eigenvalue weighted by atomic mass is 10.1. The van der Waals surface area contributed by atoms with Crippen LogP contribution in [-0.4, -0.2) is 14.2 Å². The predicted octanol–water partition coefficient (Wildman–Crippen LogP) is 9.19. The zero-order chi connectivity index (χ0) is 26.3. The van der Waals surface area contributed by atoms with Crippen LogP contribution in [0.1, 0.15) is 0 Å². The molecule has 5 rings (SSSR count). The van der Waals surface area contributed by atoms with Crippen LogP contribution in [0.3, 0.4) is 0 Å². The van der Waals surface area contributed by atoms with Crippen LogP contribution in [0.15, 0.2) is 66.7 Å². The summed E-state index contributed by atoms with van der Waals surface area (Å²) in [4.78, 5) is 2.40. The summed E-state index contributed by atoms with van der Waals surface area (Å²) in [6.07, 6.45) is 0. The highest BCUT2D eigenvalue weighted by Crippen LogP contribution is 2.47. The van der Waals surface area contributed by atoms with Gasteiger partial charge >= 0.3 is 0 Å². The van der Waals surface area contributed by atoms with E-state index >= 15 is 0 Å². The van der Waals surface area contributed by atoms with Gasteiger partial charge in [-0.15, -0.1) is 22.7 Å². The SMILES string of the molecule is COc1cc(-c2ccc(-c3c(F)c(F)c(F)c(F)c3F)s2)c(OC)cc1-c1ccc(-c2ccccc2)s1. The van der Waals surface area contributed by atoms with Crippen molar-refractivity contribution in [1.82, 2.24) is 0 Å². The van der Waals surface area contributed by atoms with Gasteiger partial charge in [0.15, 0.2) is 23.3 Å². The number of rotatable bonds is 6. The summed E-state index contributed by atoms with van der Waals surface area (Å²) in [5.41, 5.74) is 1.44. The van der Waals surface area contributed by atoms with Gasteiger partial charge in [0.05, 0.1) is 19.8 Å². The van der Waals surface area contributed by atoms with Gasteiger partial charge in [-0.2, -0.15) is 0 Å². The zero-order valence-corrected chi connectivity index (χ0v) is 21.0. The Labute approximate surface area is 217 Å². The second-order valence-electron chi connectivity index (χ2n) is 7.89. The molecular formula is C28H17F5O2S2. The molecule has 2 aromatic heterocycles. The van der Waals surface area contributed by atoms with Crippen LogP contribution in [0.2, 0.25) is 0 Å². The number of methoxy groups -OCH3 is 2. The van der Waals surface area contributed by atoms with Gasteiger partial charge in [-0.3, -0.25) is 0 Å². The molecule has 0 saturated heterocycles. The van der Waals surface area contributed by atoms with Crippen molar-refractivity contribution in [3.63, 3.8) is 0 Å². The lowest BCUT2D eigenvalue weighted by Crippen LogP contribution is -2.03. The third kappa shape index (κ3) is 4.38. The Hall–Kier alpha value is -3.69. The summed E-state index contributed by atoms with van der Waals surface area (Å²) in [6.45, 7) is 0. The van der Waals surface area contributed by atoms with Crippen LogP contribution < -0.4 is 9.47 Å². The van der Waals surface area contributed by atoms with Crippen LogP contribution in [0, 0.1) is 29.1 Å². The standard InChI is InChI=1S/C28H17F5O2S2/c1-34-17-13-16(21-10-11-22(37-21)23-24(29)26(31)28(33)27(32)25(23)30)18(35-2)12-15(17)20-9-8-19(36-20)14-6-4-3-5-7-14/h3-13H,1-2H3. The Kier molecular flexibility index (Phi) is 6.74. The minimum Gasteiger partial charge on any atom is -0.496 e. The Balaban J connectivity index is 1.58. The highest BCUT2D eigenvalue weighted by molar-refractivity contribution is 7.19. The van der Waals surface area contributed by atoms with E-state index in [4.69, 9.17) is 9.47 Å². The number of hydrogen-bond acceptors (Lipinski definition) is 4. The molecule has 0 saturated carbocycles. The number of halogens is 5. The molecule has 5 aromatic rings. The molecule has 0 bridgehead atoms. The highest BCUT2D eigenvalue weighted by atomic mass is 32.1. The largest absolute Gasteiger partial charge is 0.496 e. The molecule has 0 aliphatic heterocycles. The predicted molar refractivity (Wildman–Crippen MR) is 137 cm³/mol. The van der Waals surface area contributed by atoms with E-state index in [1.807, 2.05) is 42.5 Å². The fourth-order valence-corrected chi connectivity index (χ4v) is 6.05. The molecule has 2 heterocycles. The van der Waals surface area contributed by atoms with Crippen molar-refractivity contribution >= 4 is 22.7 Å². The van der Waals surface area contributed by atoms with E-state index in [-0.39, 0.29) is 4.88 Å². The van der Waals surface area contributed by atoms with E-state index in [0.29, 0.717) is 21.9 Å². The van der Waals surface area contributed by atoms with Gasteiger partial charge in [0.25, 0.3) is 0 Å². The molecule has 0 aliphatic rings. The first kappa shape index (κ1) is 25.0. The van der Waals surface area contributed by atoms with Crippen LogP contribution in [-0.2, 0) is 0 Å². The maximum absolute atomic E-state index is 14.4. The molecule has 0 aliphatic carbocycles. The summed E-state index contributed by atoms with van der Waals surface area (Å²) >= 11 is 2.45. The van der Waals surface area contributed by atoms with Crippen molar-refractivity contribution < 1.29 is 31.4 Å². The molecule has 0 atom stereocenters. The second-order valence-corrected chi connectivity index (χ2v) is 10.1. The fraction of sp³-hybridized carbons (Fsp3) is 0.0714. The molecular weight excluding hydrogens is 527 g/mol. The Bertz CT molecular complexity index is 1580. The molecule has 0 unspecified atom stereocenters. The number of thiophene rings is 2. The Morgan fingerprint density at radius 1 is 0.514 bits per heavy atom. The average Bonchev–Trinajstić information content (AvgIpc) is 3.61. The maximum Gasteiger partial charge on any atom is 0.200 e. The quantitative estimate of drug-likeness (QED) is 0.121. The monoisotopic (exact) mass is 544 g/mol. The number of hydrogen-bond donors (Lipinski definition) is 0. The molecule has 3 aromatic carbocycles. The van der Waals surface area contributed by atoms with Gasteiger partial charge in [0.1, 0.15) is 11.5 Å². The van der Waals surface area contributed by atoms with Crippen molar-refractivity contribution in [2.24, 2.45) is 0 Å². The second kappa shape index (κ2) is 9.99. The molecule has 188 valence electrons. The van der Waals surface area contributed by atoms with Gasteiger partial charge in [-0.05, 0) is 42.0 Å². The van der Waals surface area contributed by atoms with Gasteiger partial charge in [-0.1, -0.05) is 30.3 Å². The van der Waals surface area contributed by atoms with Gasteiger partial charge in [-0.25, -0.2) is 22.0 Å². The van der Waals surface area contributed by atoms with E-state index in [9.17, 15) is 22.0 Å². The normalized spacial score (nSPS) is 11.1. The number of ether oxygens (including phenoxy) is 2. The highest BCUT2D eigenvalue weighted by Gasteiger charge is 2.28. The molecule has 37 heavy (non-hydrogen) atoms. The van der Waals surface area contributed by atoms with Crippen LogP contribution >= 0.6 is 22.7 Å². The molecule has 2 nitrogen and oxygen atoms in total. The first-order valence-electron chi connectivity index (χ1n) is 10.9. The summed E-state index contributed by atoms with van der Waals surface area (Å²) in [7, 11) is 3.01. The summed E-state index contributed by atoms with van der Waals surface area (Å²) in [6, 6.07) is 20.3. The lowest BCUT2D eigenvalue weighted by Gasteiger charge is -2.13. The van der Waals surface area contributed by atoms with E-state index in [1.165, 1.54) is 26.4 Å². The minimum absolute atomic E-state index is 0.112. The Morgan fingerprint density at radius 2 is 0.946 bits per heavy atom. The third-order valence-electron chi connectivity index (χ3n) is 5.78. The average molecular weight is 545 g/mol. The first-order valence-corrected chi connectivity index (χ1v) is 12.5. The smallest absolute Gasteiger partial charge is 0.200 e. The molecule has 0 N–H and O–H groups in total. The van der Waals surface area contributed by atoms with Crippen molar-refractivity contribution in [1.29, 1.82) is 0 Å². The fourth-order valence-electron chi connectivity index (χ4n) is 3.96. The van der Waals surface area contributed by atoms with Crippen molar-refractivity contribution in [3.8, 4) is 53.3 Å². The summed E-state index contributed by atoms with van der Waals surface area (Å²) < 4.78 is 81.0. The van der Waals surface area contributed by atoms with Crippen molar-refractivity contribution in [2.45, 2.75) is 0 Å². The van der Waals surface area contributed by atoms with E-state index < -0.39 is 34.6 Å². The lowest BCUT2D eigenvalue weighted by molar-refractivity contribution is 0.381. The molecule has 9 heteroatoms. The maximum atomic E-state index is 14.4. The minimum atomic E-state index is -2.19. The summed E-state index contributed by atoms with van der Waals surface area (Å²) in [5, 5.41) is 0. The van der Waals surface area contributed by atoms with E-state index in [0.717, 1.165) is 32.2 Å². The topological polar surface area (TPSA) is 18.5 Å². The third-order valence-corrected chi connectivity index (χ3v) is 8.08. The summed E-state index contributed by atoms with van der Waals surface area (Å²) in [5.74, 6) is -8.94. The zero-order valence-electron chi connectivity index (χ0n) is 19.4. The molecule has 0 fully saturated rings. The van der Waals surface area contributed by atoms with Crippen LogP contribution in [0.25, 0.3) is 41.8 Å². The van der Waals surface area contributed by atoms with Crippen molar-refractivity contribution in [3.05, 3.63) is 95.8 Å². The van der Waals surface area contributed by atoms with Gasteiger partial charge in [0, 0.05) is 30.6 Å². The van der Waals surface area contributed by atoms with Gasteiger partial charge < -0.3 is 9.47 Å². The Morgan fingerprint density at radius 3 is 1.46 bits per heavy atom. The van der Waals surface area contributed by atoms with Crippen LogP contribution in [0.4, 0.5) is 22.0 Å². The number of benzene rings is 3. The van der Waals surface area contributed by atoms with Gasteiger partial charge in [0.2, 0.25) is 5.82 Å². The molecule has 0 radical (unpaired) electrons. The first-order chi connectivity index (χ1) is 17.8.